The Morgan fingerprint density at radius 1 is 1.07 bits per heavy atom. The van der Waals surface area contributed by atoms with Crippen molar-refractivity contribution < 1.29 is 27.5 Å². The first-order valence-corrected chi connectivity index (χ1v) is 10.9. The van der Waals surface area contributed by atoms with Gasteiger partial charge in [-0.3, -0.25) is 14.5 Å². The number of amides is 2. The number of hydrogen-bond acceptors (Lipinski definition) is 6. The SMILES string of the molecule is Cc1ccc(S(=O)(=O)N2CCCCC2)cc1C(=O)OCC(=O)N1CCCC1=O. The molecule has 1 aromatic carbocycles. The van der Waals surface area contributed by atoms with Gasteiger partial charge < -0.3 is 4.74 Å². The van der Waals surface area contributed by atoms with Crippen LogP contribution in [0, 0.1) is 6.92 Å². The van der Waals surface area contributed by atoms with Crippen molar-refractivity contribution in [2.75, 3.05) is 26.2 Å². The van der Waals surface area contributed by atoms with Crippen LogP contribution in [0.15, 0.2) is 23.1 Å². The third-order valence-corrected chi connectivity index (χ3v) is 6.98. The van der Waals surface area contributed by atoms with Gasteiger partial charge in [0.2, 0.25) is 15.9 Å². The average molecular weight is 408 g/mol. The lowest BCUT2D eigenvalue weighted by Gasteiger charge is -2.26. The minimum atomic E-state index is -3.68. The highest BCUT2D eigenvalue weighted by Gasteiger charge is 2.29. The lowest BCUT2D eigenvalue weighted by molar-refractivity contribution is -0.143. The summed E-state index contributed by atoms with van der Waals surface area (Å²) in [6.07, 6.45) is 3.56. The predicted octanol–water partition coefficient (Wildman–Crippen LogP) is 1.48. The molecule has 0 aromatic heterocycles. The van der Waals surface area contributed by atoms with Crippen LogP contribution in [0.2, 0.25) is 0 Å². The summed E-state index contributed by atoms with van der Waals surface area (Å²) in [5, 5.41) is 0. The van der Waals surface area contributed by atoms with Crippen LogP contribution in [0.3, 0.4) is 0 Å². The first-order valence-electron chi connectivity index (χ1n) is 9.42. The van der Waals surface area contributed by atoms with Crippen LogP contribution in [0.1, 0.15) is 48.0 Å². The van der Waals surface area contributed by atoms with Gasteiger partial charge in [-0.05, 0) is 43.9 Å². The van der Waals surface area contributed by atoms with E-state index >= 15 is 0 Å². The Bertz CT molecular complexity index is 890. The molecule has 9 heteroatoms. The molecule has 0 bridgehead atoms. The third-order valence-electron chi connectivity index (χ3n) is 5.08. The van der Waals surface area contributed by atoms with E-state index in [0.717, 1.165) is 24.2 Å². The maximum Gasteiger partial charge on any atom is 0.338 e. The number of esters is 1. The average Bonchev–Trinajstić information content (AvgIpc) is 3.12. The molecule has 0 aliphatic carbocycles. The molecule has 2 aliphatic heterocycles. The molecular weight excluding hydrogens is 384 g/mol. The number of carbonyl (C=O) groups excluding carboxylic acids is 3. The largest absolute Gasteiger partial charge is 0.452 e. The fourth-order valence-corrected chi connectivity index (χ4v) is 4.97. The molecule has 2 fully saturated rings. The molecule has 2 amide bonds. The van der Waals surface area contributed by atoms with Gasteiger partial charge in [-0.25, -0.2) is 13.2 Å². The molecule has 1 aromatic rings. The summed E-state index contributed by atoms with van der Waals surface area (Å²) < 4.78 is 32.1. The van der Waals surface area contributed by atoms with Gasteiger partial charge in [-0.15, -0.1) is 0 Å². The first-order chi connectivity index (χ1) is 13.3. The van der Waals surface area contributed by atoms with E-state index in [-0.39, 0.29) is 16.4 Å². The maximum atomic E-state index is 12.8. The normalized spacial score (nSPS) is 18.3. The lowest BCUT2D eigenvalue weighted by Crippen LogP contribution is -2.36. The van der Waals surface area contributed by atoms with Gasteiger partial charge in [0.05, 0.1) is 10.5 Å². The minimum absolute atomic E-state index is 0.0352. The fourth-order valence-electron chi connectivity index (χ4n) is 3.43. The van der Waals surface area contributed by atoms with Crippen molar-refractivity contribution in [1.82, 2.24) is 9.21 Å². The van der Waals surface area contributed by atoms with Crippen LogP contribution in [0.4, 0.5) is 0 Å². The summed E-state index contributed by atoms with van der Waals surface area (Å²) in [5.41, 5.74) is 0.644. The van der Waals surface area contributed by atoms with Crippen LogP contribution >= 0.6 is 0 Å². The summed E-state index contributed by atoms with van der Waals surface area (Å²) in [7, 11) is -3.68. The van der Waals surface area contributed by atoms with Gasteiger partial charge >= 0.3 is 5.97 Å². The topological polar surface area (TPSA) is 101 Å². The van der Waals surface area contributed by atoms with Crippen molar-refractivity contribution >= 4 is 27.8 Å². The summed E-state index contributed by atoms with van der Waals surface area (Å²) in [5.74, 6) is -1.62. The highest BCUT2D eigenvalue weighted by atomic mass is 32.2. The zero-order valence-electron chi connectivity index (χ0n) is 15.8. The number of rotatable bonds is 5. The summed E-state index contributed by atoms with van der Waals surface area (Å²) >= 11 is 0. The summed E-state index contributed by atoms with van der Waals surface area (Å²) in [6.45, 7) is 2.38. The molecule has 2 heterocycles. The Labute approximate surface area is 164 Å². The van der Waals surface area contributed by atoms with E-state index in [1.165, 1.54) is 16.4 Å². The van der Waals surface area contributed by atoms with E-state index < -0.39 is 28.5 Å². The number of ether oxygens (including phenoxy) is 1. The van der Waals surface area contributed by atoms with Crippen LogP contribution in [0.5, 0.6) is 0 Å². The first kappa shape index (κ1) is 20.5. The maximum absolute atomic E-state index is 12.8. The molecule has 2 saturated heterocycles. The van der Waals surface area contributed by atoms with Crippen molar-refractivity contribution in [2.45, 2.75) is 43.9 Å². The molecular formula is C19H24N2O6S. The zero-order valence-corrected chi connectivity index (χ0v) is 16.7. The van der Waals surface area contributed by atoms with Crippen LogP contribution in [-0.4, -0.2) is 61.6 Å². The quantitative estimate of drug-likeness (QED) is 0.684. The number of aryl methyl sites for hydroxylation is 1. The minimum Gasteiger partial charge on any atom is -0.452 e. The summed E-state index contributed by atoms with van der Waals surface area (Å²) in [6, 6.07) is 4.33. The van der Waals surface area contributed by atoms with Gasteiger partial charge in [0.25, 0.3) is 5.91 Å². The van der Waals surface area contributed by atoms with E-state index in [2.05, 4.69) is 0 Å². The highest BCUT2D eigenvalue weighted by Crippen LogP contribution is 2.23. The second-order valence-corrected chi connectivity index (χ2v) is 9.00. The number of hydrogen-bond donors (Lipinski definition) is 0. The van der Waals surface area contributed by atoms with Gasteiger partial charge in [-0.1, -0.05) is 12.5 Å². The van der Waals surface area contributed by atoms with E-state index in [4.69, 9.17) is 4.74 Å². The fraction of sp³-hybridized carbons (Fsp3) is 0.526. The standard InChI is InChI=1S/C19H24N2O6S/c1-14-7-8-15(28(25,26)20-9-3-2-4-10-20)12-16(14)19(24)27-13-18(23)21-11-5-6-17(21)22/h7-8,12H,2-6,9-11,13H2,1H3. The molecule has 8 nitrogen and oxygen atoms in total. The number of piperidine rings is 1. The number of nitrogens with zero attached hydrogens (tertiary/aromatic N) is 2. The molecule has 0 spiro atoms. The van der Waals surface area contributed by atoms with Gasteiger partial charge in [0.15, 0.2) is 6.61 Å². The van der Waals surface area contributed by atoms with Crippen molar-refractivity contribution in [1.29, 1.82) is 0 Å². The zero-order chi connectivity index (χ0) is 20.3. The summed E-state index contributed by atoms with van der Waals surface area (Å²) in [4.78, 5) is 37.2. The van der Waals surface area contributed by atoms with Crippen molar-refractivity contribution in [3.8, 4) is 0 Å². The van der Waals surface area contributed by atoms with Crippen LogP contribution in [0.25, 0.3) is 0 Å². The molecule has 152 valence electrons. The molecule has 28 heavy (non-hydrogen) atoms. The molecule has 2 aliphatic rings. The molecule has 0 saturated carbocycles. The predicted molar refractivity (Wildman–Crippen MR) is 100 cm³/mol. The van der Waals surface area contributed by atoms with Crippen molar-refractivity contribution in [2.24, 2.45) is 0 Å². The molecule has 3 rings (SSSR count). The molecule has 0 N–H and O–H groups in total. The van der Waals surface area contributed by atoms with E-state index in [1.807, 2.05) is 0 Å². The van der Waals surface area contributed by atoms with Crippen molar-refractivity contribution in [3.05, 3.63) is 29.3 Å². The smallest absolute Gasteiger partial charge is 0.338 e. The Kier molecular flexibility index (Phi) is 6.14. The number of imide groups is 1. The molecule has 0 radical (unpaired) electrons. The highest BCUT2D eigenvalue weighted by molar-refractivity contribution is 7.89. The third kappa shape index (κ3) is 4.25. The van der Waals surface area contributed by atoms with E-state index in [9.17, 15) is 22.8 Å². The Morgan fingerprint density at radius 3 is 2.43 bits per heavy atom. The second-order valence-electron chi connectivity index (χ2n) is 7.06. The van der Waals surface area contributed by atoms with E-state index in [1.54, 1.807) is 13.0 Å². The number of carbonyl (C=O) groups is 3. The van der Waals surface area contributed by atoms with Crippen molar-refractivity contribution in [3.63, 3.8) is 0 Å². The monoisotopic (exact) mass is 408 g/mol. The Hall–Kier alpha value is -2.26. The number of likely N-dealkylation sites (tertiary alicyclic amines) is 1. The van der Waals surface area contributed by atoms with Gasteiger partial charge in [0, 0.05) is 26.1 Å². The second kappa shape index (κ2) is 8.40. The molecule has 0 atom stereocenters. The van der Waals surface area contributed by atoms with E-state index in [0.29, 0.717) is 38.0 Å². The lowest BCUT2D eigenvalue weighted by atomic mass is 10.1. The van der Waals surface area contributed by atoms with Crippen LogP contribution < -0.4 is 0 Å². The van der Waals surface area contributed by atoms with Crippen LogP contribution in [-0.2, 0) is 24.3 Å². The number of benzene rings is 1. The van der Waals surface area contributed by atoms with Gasteiger partial charge in [0.1, 0.15) is 0 Å². The molecule has 0 unspecified atom stereocenters. The Balaban J connectivity index is 1.72. The number of sulfonamides is 1. The van der Waals surface area contributed by atoms with Gasteiger partial charge in [-0.2, -0.15) is 4.31 Å². The Morgan fingerprint density at radius 2 is 1.79 bits per heavy atom.